The van der Waals surface area contributed by atoms with Gasteiger partial charge < -0.3 is 14.8 Å². The summed E-state index contributed by atoms with van der Waals surface area (Å²) in [6.07, 6.45) is 2.73. The highest BCUT2D eigenvalue weighted by Crippen LogP contribution is 2.30. The maximum Gasteiger partial charge on any atom is 0.387 e. The molecular formula is C21H18F2N4O5. The smallest absolute Gasteiger partial charge is 0.387 e. The van der Waals surface area contributed by atoms with E-state index >= 15 is 0 Å². The first-order chi connectivity index (χ1) is 15.3. The largest absolute Gasteiger partial charge is 0.493 e. The van der Waals surface area contributed by atoms with Crippen LogP contribution in [0.2, 0.25) is 0 Å². The molecule has 3 rings (SSSR count). The van der Waals surface area contributed by atoms with Gasteiger partial charge in [0, 0.05) is 24.3 Å². The number of hydrogen-bond acceptors (Lipinski definition) is 6. The Morgan fingerprint density at radius 1 is 1.19 bits per heavy atom. The molecule has 0 aliphatic rings. The van der Waals surface area contributed by atoms with E-state index in [4.69, 9.17) is 4.74 Å². The minimum absolute atomic E-state index is 0.0634. The van der Waals surface area contributed by atoms with Gasteiger partial charge >= 0.3 is 6.61 Å². The predicted octanol–water partition coefficient (Wildman–Crippen LogP) is 4.35. The maximum atomic E-state index is 12.4. The van der Waals surface area contributed by atoms with Crippen LogP contribution in [0.4, 0.5) is 20.3 Å². The van der Waals surface area contributed by atoms with Gasteiger partial charge in [0.05, 0.1) is 23.4 Å². The molecule has 0 saturated heterocycles. The lowest BCUT2D eigenvalue weighted by atomic mass is 10.2. The second kappa shape index (κ2) is 9.69. The van der Waals surface area contributed by atoms with Gasteiger partial charge in [-0.15, -0.1) is 0 Å². The molecule has 0 radical (unpaired) electrons. The lowest BCUT2D eigenvalue weighted by Crippen LogP contribution is -2.12. The van der Waals surface area contributed by atoms with Crippen molar-refractivity contribution in [3.05, 3.63) is 76.0 Å². The van der Waals surface area contributed by atoms with Crippen LogP contribution >= 0.6 is 0 Å². The van der Waals surface area contributed by atoms with Crippen LogP contribution in [0, 0.1) is 17.0 Å². The lowest BCUT2D eigenvalue weighted by molar-refractivity contribution is -0.384. The molecule has 0 fully saturated rings. The third-order valence-electron chi connectivity index (χ3n) is 4.22. The number of non-ortho nitro benzene ring substituents is 1. The van der Waals surface area contributed by atoms with Crippen LogP contribution in [0.25, 0.3) is 11.8 Å². The highest BCUT2D eigenvalue weighted by molar-refractivity contribution is 6.01. The van der Waals surface area contributed by atoms with Gasteiger partial charge in [-0.3, -0.25) is 14.9 Å². The van der Waals surface area contributed by atoms with Gasteiger partial charge in [-0.1, -0.05) is 6.07 Å². The molecule has 3 aromatic rings. The number of carbonyl (C=O) groups is 1. The Labute approximate surface area is 181 Å². The predicted molar refractivity (Wildman–Crippen MR) is 112 cm³/mol. The second-order valence-electron chi connectivity index (χ2n) is 6.47. The average Bonchev–Trinajstić information content (AvgIpc) is 3.12. The number of nitro groups is 1. The van der Waals surface area contributed by atoms with Crippen molar-refractivity contribution in [2.45, 2.75) is 13.5 Å². The number of hydrogen-bond donors (Lipinski definition) is 1. The van der Waals surface area contributed by atoms with Crippen LogP contribution in [-0.2, 0) is 4.79 Å². The molecule has 32 heavy (non-hydrogen) atoms. The average molecular weight is 444 g/mol. The molecule has 0 aliphatic heterocycles. The number of ether oxygens (including phenoxy) is 2. The van der Waals surface area contributed by atoms with Crippen molar-refractivity contribution in [2.24, 2.45) is 0 Å². The molecule has 1 heterocycles. The summed E-state index contributed by atoms with van der Waals surface area (Å²) in [5.41, 5.74) is 1.62. The van der Waals surface area contributed by atoms with Crippen LogP contribution in [0.15, 0.2) is 54.6 Å². The summed E-state index contributed by atoms with van der Waals surface area (Å²) in [6.45, 7) is -1.25. The fourth-order valence-electron chi connectivity index (χ4n) is 2.82. The summed E-state index contributed by atoms with van der Waals surface area (Å²) in [5.74, 6) is -0.129. The van der Waals surface area contributed by atoms with Gasteiger partial charge in [-0.05, 0) is 42.8 Å². The summed E-state index contributed by atoms with van der Waals surface area (Å²) in [5, 5.41) is 17.8. The van der Waals surface area contributed by atoms with Gasteiger partial charge in [0.15, 0.2) is 11.5 Å². The van der Waals surface area contributed by atoms with Gasteiger partial charge in [-0.25, -0.2) is 4.68 Å². The van der Waals surface area contributed by atoms with Crippen LogP contribution in [-0.4, -0.2) is 34.3 Å². The maximum absolute atomic E-state index is 12.4. The number of nitrogens with zero attached hydrogens (tertiary/aromatic N) is 3. The number of aryl methyl sites for hydroxylation is 1. The Balaban J connectivity index is 1.75. The summed E-state index contributed by atoms with van der Waals surface area (Å²) in [7, 11) is 1.32. The van der Waals surface area contributed by atoms with E-state index < -0.39 is 17.4 Å². The zero-order valence-electron chi connectivity index (χ0n) is 17.0. The van der Waals surface area contributed by atoms with Crippen molar-refractivity contribution in [1.82, 2.24) is 9.78 Å². The zero-order chi connectivity index (χ0) is 23.3. The first kappa shape index (κ1) is 22.4. The van der Waals surface area contributed by atoms with E-state index in [1.807, 2.05) is 0 Å². The van der Waals surface area contributed by atoms with E-state index in [9.17, 15) is 23.7 Å². The van der Waals surface area contributed by atoms with Crippen molar-refractivity contribution in [3.8, 4) is 17.2 Å². The molecule has 1 amide bonds. The van der Waals surface area contributed by atoms with Crippen molar-refractivity contribution >= 4 is 23.5 Å². The van der Waals surface area contributed by atoms with E-state index in [0.29, 0.717) is 22.8 Å². The number of methoxy groups -OCH3 is 1. The van der Waals surface area contributed by atoms with Gasteiger partial charge in [0.25, 0.3) is 5.69 Å². The van der Waals surface area contributed by atoms with Crippen LogP contribution < -0.4 is 14.8 Å². The molecule has 166 valence electrons. The molecule has 0 atom stereocenters. The van der Waals surface area contributed by atoms with E-state index in [1.165, 1.54) is 66.4 Å². The molecule has 1 aromatic heterocycles. The van der Waals surface area contributed by atoms with Gasteiger partial charge in [0.1, 0.15) is 5.82 Å². The summed E-state index contributed by atoms with van der Waals surface area (Å²) in [6, 6.07) is 11.6. The number of anilines is 1. The molecule has 11 heteroatoms. The summed E-state index contributed by atoms with van der Waals surface area (Å²) >= 11 is 0. The number of aromatic nitrogens is 2. The van der Waals surface area contributed by atoms with Gasteiger partial charge in [-0.2, -0.15) is 13.9 Å². The van der Waals surface area contributed by atoms with Crippen LogP contribution in [0.1, 0.15) is 11.3 Å². The van der Waals surface area contributed by atoms with E-state index in [2.05, 4.69) is 15.2 Å². The number of alkyl halides is 2. The van der Waals surface area contributed by atoms with E-state index in [0.717, 1.165) is 0 Å². The van der Waals surface area contributed by atoms with E-state index in [-0.39, 0.29) is 17.2 Å². The number of halogens is 2. The topological polar surface area (TPSA) is 109 Å². The summed E-state index contributed by atoms with van der Waals surface area (Å²) in [4.78, 5) is 22.7. The minimum atomic E-state index is -2.99. The third kappa shape index (κ3) is 5.45. The number of rotatable bonds is 8. The van der Waals surface area contributed by atoms with Crippen LogP contribution in [0.5, 0.6) is 11.5 Å². The molecule has 0 saturated carbocycles. The number of nitro benzene ring substituents is 1. The lowest BCUT2D eigenvalue weighted by Gasteiger charge is -2.10. The first-order valence-electron chi connectivity index (χ1n) is 9.20. The van der Waals surface area contributed by atoms with Crippen molar-refractivity contribution in [3.63, 3.8) is 0 Å². The van der Waals surface area contributed by atoms with Crippen molar-refractivity contribution in [1.29, 1.82) is 0 Å². The molecule has 0 spiro atoms. The molecule has 2 aromatic carbocycles. The Hall–Kier alpha value is -4.28. The molecule has 9 nitrogen and oxygen atoms in total. The quantitative estimate of drug-likeness (QED) is 0.314. The molecule has 0 bridgehead atoms. The standard InChI is InChI=1S/C21H18F2N4O5/c1-13-11-19(26(25-13)15-5-7-16(8-6-15)27(29)30)24-20(28)10-4-14-3-9-17(32-21(22)23)18(12-14)31-2/h3-12,21H,1-2H3,(H,24,28)/b10-4+. The van der Waals surface area contributed by atoms with E-state index in [1.54, 1.807) is 13.0 Å². The first-order valence-corrected chi connectivity index (χ1v) is 9.20. The fourth-order valence-corrected chi connectivity index (χ4v) is 2.82. The Morgan fingerprint density at radius 2 is 1.91 bits per heavy atom. The summed E-state index contributed by atoms with van der Waals surface area (Å²) < 4.78 is 35.7. The van der Waals surface area contributed by atoms with Crippen molar-refractivity contribution in [2.75, 3.05) is 12.4 Å². The molecule has 1 N–H and O–H groups in total. The highest BCUT2D eigenvalue weighted by Gasteiger charge is 2.13. The zero-order valence-corrected chi connectivity index (χ0v) is 17.0. The highest BCUT2D eigenvalue weighted by atomic mass is 19.3. The molecule has 0 unspecified atom stereocenters. The number of amides is 1. The number of benzene rings is 2. The monoisotopic (exact) mass is 444 g/mol. The second-order valence-corrected chi connectivity index (χ2v) is 6.47. The normalized spacial score (nSPS) is 11.0. The molecule has 0 aliphatic carbocycles. The SMILES string of the molecule is COc1cc(/C=C/C(=O)Nc2cc(C)nn2-c2ccc([N+](=O)[O-])cc2)ccc1OC(F)F. The minimum Gasteiger partial charge on any atom is -0.493 e. The number of carbonyl (C=O) groups excluding carboxylic acids is 1. The van der Waals surface area contributed by atoms with Gasteiger partial charge in [0.2, 0.25) is 5.91 Å². The third-order valence-corrected chi connectivity index (χ3v) is 4.22. The Morgan fingerprint density at radius 3 is 2.53 bits per heavy atom. The fraction of sp³-hybridized carbons (Fsp3) is 0.143. The van der Waals surface area contributed by atoms with Crippen molar-refractivity contribution < 1.29 is 28.0 Å². The Bertz CT molecular complexity index is 1160. The Kier molecular flexibility index (Phi) is 6.78. The molecular weight excluding hydrogens is 426 g/mol. The number of nitrogens with one attached hydrogen (secondary N) is 1. The van der Waals surface area contributed by atoms with Crippen LogP contribution in [0.3, 0.4) is 0 Å².